The summed E-state index contributed by atoms with van der Waals surface area (Å²) < 4.78 is 8.44. The minimum atomic E-state index is -0.0815. The van der Waals surface area contributed by atoms with Crippen molar-refractivity contribution in [3.63, 3.8) is 0 Å². The number of furan rings is 1. The third-order valence-corrected chi connectivity index (χ3v) is 4.46. The molecule has 1 amide bonds. The summed E-state index contributed by atoms with van der Waals surface area (Å²) in [6, 6.07) is 7.76. The molecule has 0 aromatic carbocycles. The van der Waals surface area contributed by atoms with E-state index in [1.807, 2.05) is 31.2 Å². The van der Waals surface area contributed by atoms with Crippen molar-refractivity contribution in [2.24, 2.45) is 0 Å². The van der Waals surface area contributed by atoms with Gasteiger partial charge in [-0.1, -0.05) is 12.2 Å². The summed E-state index contributed by atoms with van der Waals surface area (Å²) in [7, 11) is 0. The molecule has 0 radical (unpaired) electrons. The summed E-state index contributed by atoms with van der Waals surface area (Å²) in [6.45, 7) is 5.16. The number of amides is 1. The van der Waals surface area contributed by atoms with E-state index in [0.29, 0.717) is 18.8 Å². The maximum Gasteiger partial charge on any atom is 0.268 e. The average Bonchev–Trinajstić information content (AvgIpc) is 3.19. The molecule has 0 aliphatic carbocycles. The SMILES string of the molecule is C/C=C/Cn1c(C(=O)NCc2ccco2)cc2sc(C)cc21. The topological polar surface area (TPSA) is 47.2 Å². The molecule has 4 nitrogen and oxygen atoms in total. The summed E-state index contributed by atoms with van der Waals surface area (Å²) in [6.07, 6.45) is 5.65. The van der Waals surface area contributed by atoms with Crippen LogP contribution in [-0.2, 0) is 13.1 Å². The van der Waals surface area contributed by atoms with Crippen molar-refractivity contribution in [1.82, 2.24) is 9.88 Å². The average molecular weight is 314 g/mol. The van der Waals surface area contributed by atoms with Crippen LogP contribution in [-0.4, -0.2) is 10.5 Å². The van der Waals surface area contributed by atoms with Gasteiger partial charge >= 0.3 is 0 Å². The van der Waals surface area contributed by atoms with Gasteiger partial charge < -0.3 is 14.3 Å². The third-order valence-electron chi connectivity index (χ3n) is 3.47. The lowest BCUT2D eigenvalue weighted by Crippen LogP contribution is -2.25. The van der Waals surface area contributed by atoms with Crippen LogP contribution in [0, 0.1) is 6.92 Å². The van der Waals surface area contributed by atoms with Crippen LogP contribution in [0.25, 0.3) is 10.2 Å². The Hall–Kier alpha value is -2.27. The summed E-state index contributed by atoms with van der Waals surface area (Å²) in [5.41, 5.74) is 1.80. The van der Waals surface area contributed by atoms with Crippen molar-refractivity contribution >= 4 is 27.5 Å². The van der Waals surface area contributed by atoms with Gasteiger partial charge in [0.2, 0.25) is 0 Å². The zero-order chi connectivity index (χ0) is 15.5. The van der Waals surface area contributed by atoms with E-state index >= 15 is 0 Å². The van der Waals surface area contributed by atoms with Crippen LogP contribution in [0.15, 0.2) is 47.1 Å². The molecule has 114 valence electrons. The molecule has 0 aliphatic heterocycles. The first-order chi connectivity index (χ1) is 10.7. The number of fused-ring (bicyclic) bond motifs is 1. The molecule has 3 rings (SSSR count). The van der Waals surface area contributed by atoms with E-state index in [1.165, 1.54) is 4.88 Å². The van der Waals surface area contributed by atoms with E-state index in [9.17, 15) is 4.79 Å². The number of aromatic nitrogens is 1. The second kappa shape index (κ2) is 6.23. The summed E-state index contributed by atoms with van der Waals surface area (Å²) in [5.74, 6) is 0.666. The number of hydrogen-bond donors (Lipinski definition) is 1. The van der Waals surface area contributed by atoms with Gasteiger partial charge in [-0.15, -0.1) is 11.3 Å². The van der Waals surface area contributed by atoms with Crippen LogP contribution < -0.4 is 5.32 Å². The van der Waals surface area contributed by atoms with Gasteiger partial charge in [-0.3, -0.25) is 4.79 Å². The van der Waals surface area contributed by atoms with Crippen LogP contribution in [0.1, 0.15) is 28.0 Å². The lowest BCUT2D eigenvalue weighted by atomic mass is 10.3. The van der Waals surface area contributed by atoms with Gasteiger partial charge in [0, 0.05) is 11.4 Å². The molecule has 3 aromatic heterocycles. The highest BCUT2D eigenvalue weighted by molar-refractivity contribution is 7.19. The first-order valence-electron chi connectivity index (χ1n) is 7.20. The molecule has 0 unspecified atom stereocenters. The normalized spacial score (nSPS) is 11.5. The van der Waals surface area contributed by atoms with Gasteiger partial charge in [0.1, 0.15) is 11.5 Å². The predicted molar refractivity (Wildman–Crippen MR) is 89.2 cm³/mol. The molecule has 0 saturated heterocycles. The zero-order valence-corrected chi connectivity index (χ0v) is 13.4. The minimum absolute atomic E-state index is 0.0815. The Morgan fingerprint density at radius 2 is 2.32 bits per heavy atom. The fraction of sp³-hybridized carbons (Fsp3) is 0.235. The second-order valence-corrected chi connectivity index (χ2v) is 6.37. The number of nitrogens with zero attached hydrogens (tertiary/aromatic N) is 1. The number of nitrogens with one attached hydrogen (secondary N) is 1. The van der Waals surface area contributed by atoms with Crippen LogP contribution in [0.5, 0.6) is 0 Å². The fourth-order valence-electron chi connectivity index (χ4n) is 2.43. The summed E-state index contributed by atoms with van der Waals surface area (Å²) in [5, 5.41) is 2.91. The number of thiophene rings is 1. The lowest BCUT2D eigenvalue weighted by Gasteiger charge is -2.08. The quantitative estimate of drug-likeness (QED) is 0.720. The lowest BCUT2D eigenvalue weighted by molar-refractivity contribution is 0.0939. The largest absolute Gasteiger partial charge is 0.467 e. The predicted octanol–water partition coefficient (Wildman–Crippen LogP) is 4.11. The van der Waals surface area contributed by atoms with Gasteiger partial charge in [0.25, 0.3) is 5.91 Å². The van der Waals surface area contributed by atoms with E-state index in [1.54, 1.807) is 17.6 Å². The molecule has 22 heavy (non-hydrogen) atoms. The molecule has 5 heteroatoms. The van der Waals surface area contributed by atoms with Crippen LogP contribution in [0.2, 0.25) is 0 Å². The maximum absolute atomic E-state index is 12.5. The molecule has 0 fully saturated rings. The van der Waals surface area contributed by atoms with E-state index in [0.717, 1.165) is 16.0 Å². The number of allylic oxidation sites excluding steroid dienone is 2. The van der Waals surface area contributed by atoms with Crippen molar-refractivity contribution in [1.29, 1.82) is 0 Å². The van der Waals surface area contributed by atoms with E-state index in [-0.39, 0.29) is 5.91 Å². The van der Waals surface area contributed by atoms with Crippen molar-refractivity contribution in [2.45, 2.75) is 26.9 Å². The highest BCUT2D eigenvalue weighted by Crippen LogP contribution is 2.28. The number of hydrogen-bond acceptors (Lipinski definition) is 3. The molecule has 1 N–H and O–H groups in total. The molecule has 0 aliphatic rings. The summed E-state index contributed by atoms with van der Waals surface area (Å²) >= 11 is 1.71. The Morgan fingerprint density at radius 1 is 1.45 bits per heavy atom. The standard InChI is InChI=1S/C17H18N2O2S/c1-3-4-7-19-14-9-12(2)22-16(14)10-15(19)17(20)18-11-13-6-5-8-21-13/h3-6,8-10H,7,11H2,1-2H3,(H,18,20)/b4-3+. The molecular formula is C17H18N2O2S. The molecule has 3 heterocycles. The molecule has 0 spiro atoms. The van der Waals surface area contributed by atoms with Gasteiger partial charge in [-0.25, -0.2) is 0 Å². The van der Waals surface area contributed by atoms with Gasteiger partial charge in [0.05, 0.1) is 23.0 Å². The Labute approximate surface area is 133 Å². The number of carbonyl (C=O) groups is 1. The van der Waals surface area contributed by atoms with Crippen LogP contribution in [0.3, 0.4) is 0 Å². The molecule has 0 atom stereocenters. The monoisotopic (exact) mass is 314 g/mol. The third kappa shape index (κ3) is 2.85. The Balaban J connectivity index is 1.87. The van der Waals surface area contributed by atoms with Crippen LogP contribution >= 0.6 is 11.3 Å². The number of aryl methyl sites for hydroxylation is 1. The van der Waals surface area contributed by atoms with Crippen molar-refractivity contribution in [3.05, 3.63) is 59.0 Å². The van der Waals surface area contributed by atoms with Gasteiger partial charge in [0.15, 0.2) is 0 Å². The Bertz CT molecular complexity index is 809. The molecule has 0 bridgehead atoms. The number of rotatable bonds is 5. The Morgan fingerprint density at radius 3 is 3.05 bits per heavy atom. The zero-order valence-electron chi connectivity index (χ0n) is 12.6. The first kappa shape index (κ1) is 14.7. The molecule has 3 aromatic rings. The fourth-order valence-corrected chi connectivity index (χ4v) is 3.39. The van der Waals surface area contributed by atoms with Crippen molar-refractivity contribution in [3.8, 4) is 0 Å². The highest BCUT2D eigenvalue weighted by Gasteiger charge is 2.16. The smallest absolute Gasteiger partial charge is 0.268 e. The molecule has 0 saturated carbocycles. The highest BCUT2D eigenvalue weighted by atomic mass is 32.1. The minimum Gasteiger partial charge on any atom is -0.467 e. The van der Waals surface area contributed by atoms with E-state index < -0.39 is 0 Å². The van der Waals surface area contributed by atoms with E-state index in [2.05, 4.69) is 29.0 Å². The van der Waals surface area contributed by atoms with Crippen molar-refractivity contribution < 1.29 is 9.21 Å². The summed E-state index contributed by atoms with van der Waals surface area (Å²) in [4.78, 5) is 13.7. The van der Waals surface area contributed by atoms with Gasteiger partial charge in [-0.2, -0.15) is 0 Å². The molecular weight excluding hydrogens is 296 g/mol. The Kier molecular flexibility index (Phi) is 4.15. The van der Waals surface area contributed by atoms with Gasteiger partial charge in [-0.05, 0) is 38.1 Å². The first-order valence-corrected chi connectivity index (χ1v) is 8.02. The van der Waals surface area contributed by atoms with Crippen molar-refractivity contribution in [2.75, 3.05) is 0 Å². The number of carbonyl (C=O) groups excluding carboxylic acids is 1. The van der Waals surface area contributed by atoms with Crippen LogP contribution in [0.4, 0.5) is 0 Å². The van der Waals surface area contributed by atoms with E-state index in [4.69, 9.17) is 4.42 Å². The second-order valence-electron chi connectivity index (χ2n) is 5.08. The maximum atomic E-state index is 12.5.